The van der Waals surface area contributed by atoms with E-state index in [1.165, 1.54) is 5.56 Å². The van der Waals surface area contributed by atoms with Crippen LogP contribution in [0.15, 0.2) is 29.2 Å². The Hall–Kier alpha value is -0.430. The lowest BCUT2D eigenvalue weighted by molar-refractivity contribution is 0.646. The molecule has 0 heterocycles. The van der Waals surface area contributed by atoms with Gasteiger partial charge in [0.15, 0.2) is 0 Å². The van der Waals surface area contributed by atoms with Crippen molar-refractivity contribution in [2.45, 2.75) is 25.2 Å². The van der Waals surface area contributed by atoms with E-state index in [4.69, 9.17) is 0 Å². The van der Waals surface area contributed by atoms with Gasteiger partial charge in [-0.2, -0.15) is 0 Å². The fraction of sp³-hybridized carbons (Fsp3) is 0.400. The van der Waals surface area contributed by atoms with E-state index in [9.17, 15) is 0 Å². The number of thiol groups is 1. The average molecular weight is 166 g/mol. The van der Waals surface area contributed by atoms with Crippen molar-refractivity contribution in [2.75, 3.05) is 0 Å². The van der Waals surface area contributed by atoms with Crippen LogP contribution in [0.4, 0.5) is 0 Å². The minimum atomic E-state index is 0.727. The molecule has 0 spiro atoms. The molecule has 0 radical (unpaired) electrons. The molecule has 60 valence electrons. The van der Waals surface area contributed by atoms with Gasteiger partial charge in [0.2, 0.25) is 0 Å². The zero-order valence-corrected chi connectivity index (χ0v) is 7.94. The molecular weight excluding hydrogens is 152 g/mol. The minimum absolute atomic E-state index is 0.727. The molecule has 0 amide bonds. The van der Waals surface area contributed by atoms with Crippen LogP contribution >= 0.6 is 12.6 Å². The molecule has 0 unspecified atom stereocenters. The van der Waals surface area contributed by atoms with Crippen LogP contribution in [0.5, 0.6) is 0 Å². The van der Waals surface area contributed by atoms with E-state index in [0.717, 1.165) is 17.2 Å². The summed E-state index contributed by atoms with van der Waals surface area (Å²) in [5.41, 5.74) is 1.38. The fourth-order valence-corrected chi connectivity index (χ4v) is 1.41. The molecule has 1 rings (SSSR count). The van der Waals surface area contributed by atoms with E-state index in [2.05, 4.69) is 44.7 Å². The van der Waals surface area contributed by atoms with Crippen molar-refractivity contribution in [1.29, 1.82) is 0 Å². The van der Waals surface area contributed by atoms with Gasteiger partial charge in [0, 0.05) is 4.90 Å². The number of rotatable bonds is 2. The summed E-state index contributed by atoms with van der Waals surface area (Å²) < 4.78 is 0. The van der Waals surface area contributed by atoms with Gasteiger partial charge in [-0.05, 0) is 30.0 Å². The van der Waals surface area contributed by atoms with Crippen molar-refractivity contribution in [2.24, 2.45) is 5.92 Å². The third-order valence-corrected chi connectivity index (χ3v) is 1.83. The Balaban J connectivity index is 2.71. The van der Waals surface area contributed by atoms with Gasteiger partial charge in [0.25, 0.3) is 0 Å². The van der Waals surface area contributed by atoms with Crippen molar-refractivity contribution in [3.05, 3.63) is 29.8 Å². The highest BCUT2D eigenvalue weighted by molar-refractivity contribution is 7.80. The van der Waals surface area contributed by atoms with Gasteiger partial charge >= 0.3 is 0 Å². The molecule has 0 fully saturated rings. The molecule has 1 heteroatoms. The number of hydrogen-bond donors (Lipinski definition) is 1. The lowest BCUT2D eigenvalue weighted by Crippen LogP contribution is -1.92. The van der Waals surface area contributed by atoms with Crippen LogP contribution in [0.3, 0.4) is 0 Å². The summed E-state index contributed by atoms with van der Waals surface area (Å²) in [7, 11) is 0. The molecular formula is C10H14S. The molecule has 0 saturated carbocycles. The van der Waals surface area contributed by atoms with Crippen LogP contribution in [0, 0.1) is 5.92 Å². The van der Waals surface area contributed by atoms with Gasteiger partial charge in [-0.1, -0.05) is 26.0 Å². The summed E-state index contributed by atoms with van der Waals surface area (Å²) in [6, 6.07) is 8.34. The lowest BCUT2D eigenvalue weighted by Gasteiger charge is -2.04. The highest BCUT2D eigenvalue weighted by Gasteiger charge is 1.96. The normalized spacial score (nSPS) is 10.5. The second-order valence-corrected chi connectivity index (χ2v) is 3.78. The predicted octanol–water partition coefficient (Wildman–Crippen LogP) is 3.17. The first-order chi connectivity index (χ1) is 5.18. The Morgan fingerprint density at radius 3 is 2.64 bits per heavy atom. The average Bonchev–Trinajstić information content (AvgIpc) is 1.85. The third kappa shape index (κ3) is 2.98. The first-order valence-electron chi connectivity index (χ1n) is 3.96. The molecule has 0 aliphatic heterocycles. The molecule has 0 aliphatic carbocycles. The second kappa shape index (κ2) is 3.82. The van der Waals surface area contributed by atoms with Crippen LogP contribution < -0.4 is 0 Å². The highest BCUT2D eigenvalue weighted by atomic mass is 32.1. The molecule has 0 aliphatic rings. The molecule has 0 N–H and O–H groups in total. The Morgan fingerprint density at radius 1 is 1.36 bits per heavy atom. The van der Waals surface area contributed by atoms with Crippen LogP contribution in [-0.4, -0.2) is 0 Å². The summed E-state index contributed by atoms with van der Waals surface area (Å²) in [5.74, 6) is 0.727. The highest BCUT2D eigenvalue weighted by Crippen LogP contribution is 2.12. The minimum Gasteiger partial charge on any atom is -0.143 e. The fourth-order valence-electron chi connectivity index (χ4n) is 1.15. The zero-order chi connectivity index (χ0) is 8.27. The third-order valence-electron chi connectivity index (χ3n) is 1.55. The van der Waals surface area contributed by atoms with E-state index in [1.54, 1.807) is 0 Å². The van der Waals surface area contributed by atoms with Crippen LogP contribution in [-0.2, 0) is 6.42 Å². The smallest absolute Gasteiger partial charge is 0.00427 e. The SMILES string of the molecule is CC(C)Cc1cccc(S)c1. The van der Waals surface area contributed by atoms with Crippen LogP contribution in [0.2, 0.25) is 0 Å². The predicted molar refractivity (Wildman–Crippen MR) is 52.2 cm³/mol. The molecule has 0 nitrogen and oxygen atoms in total. The Kier molecular flexibility index (Phi) is 3.01. The molecule has 0 saturated heterocycles. The van der Waals surface area contributed by atoms with E-state index in [-0.39, 0.29) is 0 Å². The maximum Gasteiger partial charge on any atom is 0.00427 e. The molecule has 1 aromatic carbocycles. The Labute approximate surface area is 74.0 Å². The summed E-state index contributed by atoms with van der Waals surface area (Å²) in [5, 5.41) is 0. The molecule has 0 aromatic heterocycles. The zero-order valence-electron chi connectivity index (χ0n) is 7.04. The molecule has 11 heavy (non-hydrogen) atoms. The van der Waals surface area contributed by atoms with Crippen molar-refractivity contribution >= 4 is 12.6 Å². The number of hydrogen-bond acceptors (Lipinski definition) is 1. The van der Waals surface area contributed by atoms with Gasteiger partial charge in [-0.15, -0.1) is 12.6 Å². The van der Waals surface area contributed by atoms with Gasteiger partial charge in [-0.25, -0.2) is 0 Å². The van der Waals surface area contributed by atoms with Crippen molar-refractivity contribution < 1.29 is 0 Å². The van der Waals surface area contributed by atoms with Crippen LogP contribution in [0.25, 0.3) is 0 Å². The summed E-state index contributed by atoms with van der Waals surface area (Å²) in [6.07, 6.45) is 1.15. The Morgan fingerprint density at radius 2 is 2.09 bits per heavy atom. The quantitative estimate of drug-likeness (QED) is 0.641. The second-order valence-electron chi connectivity index (χ2n) is 3.27. The summed E-state index contributed by atoms with van der Waals surface area (Å²) >= 11 is 4.28. The molecule has 0 atom stereocenters. The Bertz CT molecular complexity index is 228. The summed E-state index contributed by atoms with van der Waals surface area (Å²) in [6.45, 7) is 4.45. The summed E-state index contributed by atoms with van der Waals surface area (Å²) in [4.78, 5) is 1.06. The first-order valence-corrected chi connectivity index (χ1v) is 4.41. The number of benzene rings is 1. The largest absolute Gasteiger partial charge is 0.143 e. The van der Waals surface area contributed by atoms with Gasteiger partial charge in [0.1, 0.15) is 0 Å². The van der Waals surface area contributed by atoms with Crippen molar-refractivity contribution in [3.8, 4) is 0 Å². The van der Waals surface area contributed by atoms with Gasteiger partial charge in [0.05, 0.1) is 0 Å². The van der Waals surface area contributed by atoms with E-state index in [1.807, 2.05) is 6.07 Å². The lowest BCUT2D eigenvalue weighted by atomic mass is 10.0. The first kappa shape index (κ1) is 8.66. The molecule has 1 aromatic rings. The van der Waals surface area contributed by atoms with Gasteiger partial charge < -0.3 is 0 Å². The topological polar surface area (TPSA) is 0 Å². The van der Waals surface area contributed by atoms with E-state index < -0.39 is 0 Å². The van der Waals surface area contributed by atoms with Crippen molar-refractivity contribution in [3.63, 3.8) is 0 Å². The maximum absolute atomic E-state index is 4.28. The van der Waals surface area contributed by atoms with E-state index >= 15 is 0 Å². The molecule has 0 bridgehead atoms. The van der Waals surface area contributed by atoms with E-state index in [0.29, 0.717) is 0 Å². The van der Waals surface area contributed by atoms with Crippen LogP contribution in [0.1, 0.15) is 19.4 Å². The maximum atomic E-state index is 4.28. The standard InChI is InChI=1S/C10H14S/c1-8(2)6-9-4-3-5-10(11)7-9/h3-5,7-8,11H,6H2,1-2H3. The monoisotopic (exact) mass is 166 g/mol. The van der Waals surface area contributed by atoms with Gasteiger partial charge in [-0.3, -0.25) is 0 Å². The van der Waals surface area contributed by atoms with Crippen molar-refractivity contribution in [1.82, 2.24) is 0 Å².